The van der Waals surface area contributed by atoms with Crippen LogP contribution in [0.1, 0.15) is 35.4 Å². The molecule has 0 saturated carbocycles. The van der Waals surface area contributed by atoms with Crippen LogP contribution in [0.15, 0.2) is 21.6 Å². The summed E-state index contributed by atoms with van der Waals surface area (Å²) >= 11 is 1.72. The van der Waals surface area contributed by atoms with Crippen LogP contribution in [0.25, 0.3) is 0 Å². The van der Waals surface area contributed by atoms with Gasteiger partial charge in [-0.3, -0.25) is 0 Å². The summed E-state index contributed by atoms with van der Waals surface area (Å²) in [6.07, 6.45) is 3.33. The van der Waals surface area contributed by atoms with Crippen LogP contribution in [0, 0.1) is 20.8 Å². The highest BCUT2D eigenvalue weighted by Gasteiger charge is 2.42. The number of likely N-dealkylation sites (tertiary alicyclic amines) is 1. The zero-order chi connectivity index (χ0) is 19.9. The van der Waals surface area contributed by atoms with E-state index in [-0.39, 0.29) is 6.03 Å². The van der Waals surface area contributed by atoms with Gasteiger partial charge in [0.25, 0.3) is 0 Å². The first-order valence-electron chi connectivity index (χ1n) is 9.40. The van der Waals surface area contributed by atoms with Gasteiger partial charge in [-0.1, -0.05) is 5.16 Å². The number of ether oxygens (including phenoxy) is 2. The standard InChI is InChI=1S/C20H25N3O4S/c1-12-9-16(28-4)10-15-11-25-20(26-18(12)15)5-7-23(8-6-20)19(24)21-17-13(2)22-27-14(17)3/h9-10H,5-8,11H2,1-4H3,(H,21,24). The quantitative estimate of drug-likeness (QED) is 0.755. The minimum absolute atomic E-state index is 0.152. The van der Waals surface area contributed by atoms with Crippen LogP contribution >= 0.6 is 11.8 Å². The topological polar surface area (TPSA) is 76.8 Å². The van der Waals surface area contributed by atoms with Gasteiger partial charge in [0.2, 0.25) is 5.79 Å². The Bertz CT molecular complexity index is 884. The number of amides is 2. The van der Waals surface area contributed by atoms with Crippen LogP contribution < -0.4 is 10.1 Å². The summed E-state index contributed by atoms with van der Waals surface area (Å²) in [6, 6.07) is 4.13. The fourth-order valence-corrected chi connectivity index (χ4v) is 4.31. The molecule has 2 aromatic rings. The molecular formula is C20H25N3O4S. The van der Waals surface area contributed by atoms with Crippen molar-refractivity contribution in [1.29, 1.82) is 0 Å². The molecule has 28 heavy (non-hydrogen) atoms. The van der Waals surface area contributed by atoms with Gasteiger partial charge in [0, 0.05) is 36.4 Å². The minimum Gasteiger partial charge on any atom is -0.462 e. The highest BCUT2D eigenvalue weighted by molar-refractivity contribution is 7.98. The molecule has 150 valence electrons. The van der Waals surface area contributed by atoms with E-state index in [0.717, 1.165) is 16.9 Å². The smallest absolute Gasteiger partial charge is 0.321 e. The second-order valence-corrected chi connectivity index (χ2v) is 8.23. The van der Waals surface area contributed by atoms with Crippen molar-refractivity contribution in [2.24, 2.45) is 0 Å². The van der Waals surface area contributed by atoms with E-state index in [9.17, 15) is 4.79 Å². The third-order valence-corrected chi connectivity index (χ3v) is 6.12. The number of piperidine rings is 1. The lowest BCUT2D eigenvalue weighted by atomic mass is 10.0. The largest absolute Gasteiger partial charge is 0.462 e. The molecule has 8 heteroatoms. The highest BCUT2D eigenvalue weighted by Crippen LogP contribution is 2.41. The molecule has 1 fully saturated rings. The zero-order valence-electron chi connectivity index (χ0n) is 16.6. The van der Waals surface area contributed by atoms with E-state index in [1.807, 2.05) is 6.92 Å². The molecule has 0 unspecified atom stereocenters. The Morgan fingerprint density at radius 3 is 2.64 bits per heavy atom. The Morgan fingerprint density at radius 1 is 1.25 bits per heavy atom. The molecule has 0 atom stereocenters. The summed E-state index contributed by atoms with van der Waals surface area (Å²) in [5.74, 6) is 0.881. The summed E-state index contributed by atoms with van der Waals surface area (Å²) in [4.78, 5) is 15.6. The first-order valence-corrected chi connectivity index (χ1v) is 10.6. The van der Waals surface area contributed by atoms with Crippen molar-refractivity contribution in [2.45, 2.75) is 50.9 Å². The summed E-state index contributed by atoms with van der Waals surface area (Å²) < 4.78 is 17.6. The number of aromatic nitrogens is 1. The van der Waals surface area contributed by atoms with E-state index in [1.165, 1.54) is 4.90 Å². The van der Waals surface area contributed by atoms with Gasteiger partial charge in [0.1, 0.15) is 17.1 Å². The summed E-state index contributed by atoms with van der Waals surface area (Å²) in [7, 11) is 0. The molecule has 2 aliphatic rings. The monoisotopic (exact) mass is 403 g/mol. The minimum atomic E-state index is -0.654. The first-order chi connectivity index (χ1) is 13.4. The Kier molecular flexibility index (Phi) is 5.01. The Balaban J connectivity index is 1.42. The van der Waals surface area contributed by atoms with Gasteiger partial charge < -0.3 is 24.2 Å². The molecule has 7 nitrogen and oxygen atoms in total. The summed E-state index contributed by atoms with van der Waals surface area (Å²) in [5, 5.41) is 6.78. The molecule has 2 aliphatic heterocycles. The number of thioether (sulfide) groups is 1. The number of benzene rings is 1. The van der Waals surface area contributed by atoms with E-state index in [1.54, 1.807) is 23.6 Å². The lowest BCUT2D eigenvalue weighted by Crippen LogP contribution is -2.53. The number of aryl methyl sites for hydroxylation is 3. The fraction of sp³-hybridized carbons (Fsp3) is 0.500. The third-order valence-electron chi connectivity index (χ3n) is 5.42. The number of nitrogens with zero attached hydrogens (tertiary/aromatic N) is 2. The number of carbonyl (C=O) groups excluding carboxylic acids is 1. The molecule has 0 radical (unpaired) electrons. The first kappa shape index (κ1) is 19.1. The molecule has 2 amide bonds. The molecule has 1 aromatic carbocycles. The van der Waals surface area contributed by atoms with Gasteiger partial charge in [0.05, 0.1) is 6.61 Å². The summed E-state index contributed by atoms with van der Waals surface area (Å²) in [5.41, 5.74) is 3.54. The highest BCUT2D eigenvalue weighted by atomic mass is 32.2. The molecule has 1 saturated heterocycles. The number of hydrogen-bond acceptors (Lipinski definition) is 6. The Morgan fingerprint density at radius 2 is 2.00 bits per heavy atom. The van der Waals surface area contributed by atoms with E-state index in [4.69, 9.17) is 14.0 Å². The van der Waals surface area contributed by atoms with E-state index in [2.05, 4.69) is 35.8 Å². The number of rotatable bonds is 2. The fourth-order valence-electron chi connectivity index (χ4n) is 3.75. The van der Waals surface area contributed by atoms with Crippen LogP contribution in [0.4, 0.5) is 10.5 Å². The number of urea groups is 1. The van der Waals surface area contributed by atoms with Crippen LogP contribution in [0.5, 0.6) is 5.75 Å². The lowest BCUT2D eigenvalue weighted by molar-refractivity contribution is -0.225. The normalized spacial score (nSPS) is 17.9. The number of hydrogen-bond donors (Lipinski definition) is 1. The van der Waals surface area contributed by atoms with E-state index in [0.29, 0.717) is 49.7 Å². The van der Waals surface area contributed by atoms with Crippen molar-refractivity contribution < 1.29 is 18.8 Å². The van der Waals surface area contributed by atoms with Gasteiger partial charge in [0.15, 0.2) is 5.76 Å². The van der Waals surface area contributed by atoms with Gasteiger partial charge in [-0.25, -0.2) is 4.79 Å². The summed E-state index contributed by atoms with van der Waals surface area (Å²) in [6.45, 7) is 7.33. The number of nitrogens with one attached hydrogen (secondary N) is 1. The molecule has 3 heterocycles. The molecule has 1 aromatic heterocycles. The second kappa shape index (κ2) is 7.33. The predicted molar refractivity (Wildman–Crippen MR) is 107 cm³/mol. The van der Waals surface area contributed by atoms with E-state index < -0.39 is 5.79 Å². The van der Waals surface area contributed by atoms with Crippen molar-refractivity contribution in [3.05, 3.63) is 34.7 Å². The number of carbonyl (C=O) groups is 1. The van der Waals surface area contributed by atoms with Crippen molar-refractivity contribution in [1.82, 2.24) is 10.1 Å². The zero-order valence-corrected chi connectivity index (χ0v) is 17.4. The molecule has 0 bridgehead atoms. The SMILES string of the molecule is CSc1cc(C)c2c(c1)COC1(CCN(C(=O)Nc3c(C)noc3C)CC1)O2. The molecule has 0 aliphatic carbocycles. The van der Waals surface area contributed by atoms with Crippen molar-refractivity contribution in [3.8, 4) is 5.75 Å². The maximum atomic E-state index is 12.6. The molecular weight excluding hydrogens is 378 g/mol. The van der Waals surface area contributed by atoms with Gasteiger partial charge in [-0.15, -0.1) is 11.8 Å². The molecule has 1 spiro atoms. The van der Waals surface area contributed by atoms with Crippen molar-refractivity contribution >= 4 is 23.5 Å². The Hall–Kier alpha value is -2.19. The van der Waals surface area contributed by atoms with Crippen LogP contribution in [0.3, 0.4) is 0 Å². The number of anilines is 1. The van der Waals surface area contributed by atoms with Crippen LogP contribution in [-0.4, -0.2) is 41.2 Å². The van der Waals surface area contributed by atoms with Crippen molar-refractivity contribution in [3.63, 3.8) is 0 Å². The van der Waals surface area contributed by atoms with Gasteiger partial charge >= 0.3 is 6.03 Å². The Labute approximate surface area is 168 Å². The molecule has 4 rings (SSSR count). The second-order valence-electron chi connectivity index (χ2n) is 7.35. The third kappa shape index (κ3) is 3.46. The maximum absolute atomic E-state index is 12.6. The predicted octanol–water partition coefficient (Wildman–Crippen LogP) is 4.25. The van der Waals surface area contributed by atoms with Gasteiger partial charge in [-0.05, 0) is 44.7 Å². The van der Waals surface area contributed by atoms with E-state index >= 15 is 0 Å². The molecule has 1 N–H and O–H groups in total. The van der Waals surface area contributed by atoms with Crippen LogP contribution in [-0.2, 0) is 11.3 Å². The van der Waals surface area contributed by atoms with Gasteiger partial charge in [-0.2, -0.15) is 0 Å². The average molecular weight is 404 g/mol. The average Bonchev–Trinajstić information content (AvgIpc) is 3.01. The van der Waals surface area contributed by atoms with Crippen LogP contribution in [0.2, 0.25) is 0 Å². The maximum Gasteiger partial charge on any atom is 0.321 e. The van der Waals surface area contributed by atoms with Crippen molar-refractivity contribution in [2.75, 3.05) is 24.7 Å². The lowest BCUT2D eigenvalue weighted by Gasteiger charge is -2.44. The number of fused-ring (bicyclic) bond motifs is 1.